The first kappa shape index (κ1) is 12.8. The van der Waals surface area contributed by atoms with Crippen LogP contribution in [0.1, 0.15) is 29.8 Å². The third-order valence-corrected chi connectivity index (χ3v) is 3.64. The first-order valence-electron chi connectivity index (χ1n) is 6.44. The molecule has 0 bridgehead atoms. The van der Waals surface area contributed by atoms with Crippen LogP contribution in [-0.2, 0) is 0 Å². The fraction of sp³-hybridized carbons (Fsp3) is 0.571. The van der Waals surface area contributed by atoms with Crippen molar-refractivity contribution < 1.29 is 0 Å². The van der Waals surface area contributed by atoms with E-state index in [4.69, 9.17) is 0 Å². The van der Waals surface area contributed by atoms with Gasteiger partial charge < -0.3 is 10.2 Å². The molecular formula is C14H20N4. The van der Waals surface area contributed by atoms with Gasteiger partial charge in [-0.05, 0) is 46.3 Å². The molecule has 4 nitrogen and oxygen atoms in total. The number of pyridine rings is 1. The van der Waals surface area contributed by atoms with Gasteiger partial charge in [0.2, 0.25) is 0 Å². The predicted octanol–water partition coefficient (Wildman–Crippen LogP) is 2.08. The SMILES string of the molecule is Cc1cc(NCC2CCCN2C)c(C#N)c(C)n1. The molecule has 1 fully saturated rings. The first-order valence-corrected chi connectivity index (χ1v) is 6.44. The van der Waals surface area contributed by atoms with Gasteiger partial charge in [-0.25, -0.2) is 0 Å². The molecule has 1 unspecified atom stereocenters. The molecule has 1 aromatic rings. The second-order valence-corrected chi connectivity index (χ2v) is 5.04. The lowest BCUT2D eigenvalue weighted by molar-refractivity contribution is 0.322. The van der Waals surface area contributed by atoms with Crippen LogP contribution < -0.4 is 5.32 Å². The van der Waals surface area contributed by atoms with Gasteiger partial charge in [-0.1, -0.05) is 0 Å². The minimum absolute atomic E-state index is 0.574. The predicted molar refractivity (Wildman–Crippen MR) is 72.6 cm³/mol. The number of nitriles is 1. The van der Waals surface area contributed by atoms with Crippen molar-refractivity contribution >= 4 is 5.69 Å². The van der Waals surface area contributed by atoms with Crippen molar-refractivity contribution in [3.63, 3.8) is 0 Å². The van der Waals surface area contributed by atoms with Gasteiger partial charge in [0.05, 0.1) is 16.9 Å². The quantitative estimate of drug-likeness (QED) is 0.884. The van der Waals surface area contributed by atoms with Crippen molar-refractivity contribution in [3.05, 3.63) is 23.0 Å². The molecule has 0 aromatic carbocycles. The van der Waals surface area contributed by atoms with E-state index in [0.29, 0.717) is 11.6 Å². The molecule has 0 radical (unpaired) electrons. The van der Waals surface area contributed by atoms with Gasteiger partial charge in [-0.15, -0.1) is 0 Å². The van der Waals surface area contributed by atoms with Crippen LogP contribution in [0.2, 0.25) is 0 Å². The molecule has 2 heterocycles. The van der Waals surface area contributed by atoms with E-state index < -0.39 is 0 Å². The van der Waals surface area contributed by atoms with E-state index in [2.05, 4.69) is 28.3 Å². The Kier molecular flexibility index (Phi) is 3.83. The highest BCUT2D eigenvalue weighted by molar-refractivity contribution is 5.59. The van der Waals surface area contributed by atoms with E-state index >= 15 is 0 Å². The minimum Gasteiger partial charge on any atom is -0.382 e. The molecular weight excluding hydrogens is 224 g/mol. The number of nitrogens with zero attached hydrogens (tertiary/aromatic N) is 3. The molecule has 0 aliphatic carbocycles. The third kappa shape index (κ3) is 2.62. The molecule has 0 amide bonds. The second kappa shape index (κ2) is 5.36. The fourth-order valence-electron chi connectivity index (χ4n) is 2.57. The Labute approximate surface area is 109 Å². The highest BCUT2D eigenvalue weighted by atomic mass is 15.2. The number of hydrogen-bond acceptors (Lipinski definition) is 4. The van der Waals surface area contributed by atoms with E-state index in [9.17, 15) is 5.26 Å². The number of nitrogens with one attached hydrogen (secondary N) is 1. The largest absolute Gasteiger partial charge is 0.382 e. The maximum atomic E-state index is 9.19. The number of aromatic nitrogens is 1. The number of anilines is 1. The zero-order valence-corrected chi connectivity index (χ0v) is 11.3. The Morgan fingerprint density at radius 3 is 2.94 bits per heavy atom. The lowest BCUT2D eigenvalue weighted by Crippen LogP contribution is -2.31. The van der Waals surface area contributed by atoms with Crippen LogP contribution in [-0.4, -0.2) is 36.1 Å². The molecule has 0 saturated carbocycles. The lowest BCUT2D eigenvalue weighted by Gasteiger charge is -2.21. The summed E-state index contributed by atoms with van der Waals surface area (Å²) in [5.74, 6) is 0. The van der Waals surface area contributed by atoms with Gasteiger partial charge in [0.1, 0.15) is 6.07 Å². The summed E-state index contributed by atoms with van der Waals surface area (Å²) in [6, 6.07) is 4.77. The van der Waals surface area contributed by atoms with Crippen molar-refractivity contribution in [2.45, 2.75) is 32.7 Å². The molecule has 1 aliphatic heterocycles. The summed E-state index contributed by atoms with van der Waals surface area (Å²) in [6.07, 6.45) is 2.50. The lowest BCUT2D eigenvalue weighted by atomic mass is 10.1. The van der Waals surface area contributed by atoms with Crippen LogP contribution in [0, 0.1) is 25.2 Å². The summed E-state index contributed by atoms with van der Waals surface area (Å²) in [6.45, 7) is 5.92. The van der Waals surface area contributed by atoms with Gasteiger partial charge in [0.15, 0.2) is 0 Å². The van der Waals surface area contributed by atoms with Crippen molar-refractivity contribution in [1.29, 1.82) is 5.26 Å². The van der Waals surface area contributed by atoms with Crippen LogP contribution in [0.5, 0.6) is 0 Å². The molecule has 1 N–H and O–H groups in total. The molecule has 0 spiro atoms. The minimum atomic E-state index is 0.574. The molecule has 96 valence electrons. The third-order valence-electron chi connectivity index (χ3n) is 3.64. The van der Waals surface area contributed by atoms with E-state index in [1.54, 1.807) is 0 Å². The molecule has 4 heteroatoms. The number of likely N-dealkylation sites (N-methyl/N-ethyl adjacent to an activating group) is 1. The highest BCUT2D eigenvalue weighted by Crippen LogP contribution is 2.20. The van der Waals surface area contributed by atoms with Crippen molar-refractivity contribution in [2.75, 3.05) is 25.5 Å². The molecule has 2 rings (SSSR count). The number of likely N-dealkylation sites (tertiary alicyclic amines) is 1. The van der Waals surface area contributed by atoms with Crippen LogP contribution in [0.25, 0.3) is 0 Å². The van der Waals surface area contributed by atoms with Gasteiger partial charge in [0, 0.05) is 18.3 Å². The van der Waals surface area contributed by atoms with Gasteiger partial charge in [-0.2, -0.15) is 5.26 Å². The van der Waals surface area contributed by atoms with Crippen LogP contribution in [0.4, 0.5) is 5.69 Å². The van der Waals surface area contributed by atoms with Crippen molar-refractivity contribution in [2.24, 2.45) is 0 Å². The average molecular weight is 244 g/mol. The maximum Gasteiger partial charge on any atom is 0.103 e. The Balaban J connectivity index is 2.11. The Bertz CT molecular complexity index is 475. The van der Waals surface area contributed by atoms with Crippen molar-refractivity contribution in [1.82, 2.24) is 9.88 Å². The van der Waals surface area contributed by atoms with E-state index in [1.165, 1.54) is 19.4 Å². The molecule has 1 atom stereocenters. The summed E-state index contributed by atoms with van der Waals surface area (Å²) in [5.41, 5.74) is 3.35. The summed E-state index contributed by atoms with van der Waals surface area (Å²) in [7, 11) is 2.16. The second-order valence-electron chi connectivity index (χ2n) is 5.04. The van der Waals surface area contributed by atoms with Gasteiger partial charge in [0.25, 0.3) is 0 Å². The normalized spacial score (nSPS) is 19.8. The van der Waals surface area contributed by atoms with Crippen molar-refractivity contribution in [3.8, 4) is 6.07 Å². The highest BCUT2D eigenvalue weighted by Gasteiger charge is 2.20. The summed E-state index contributed by atoms with van der Waals surface area (Å²) >= 11 is 0. The Morgan fingerprint density at radius 2 is 2.33 bits per heavy atom. The zero-order chi connectivity index (χ0) is 13.1. The Morgan fingerprint density at radius 1 is 1.56 bits per heavy atom. The zero-order valence-electron chi connectivity index (χ0n) is 11.3. The topological polar surface area (TPSA) is 52.0 Å². The molecule has 1 aromatic heterocycles. The average Bonchev–Trinajstić information content (AvgIpc) is 2.71. The van der Waals surface area contributed by atoms with E-state index in [1.807, 2.05) is 19.9 Å². The smallest absolute Gasteiger partial charge is 0.103 e. The van der Waals surface area contributed by atoms with Gasteiger partial charge in [-0.3, -0.25) is 4.98 Å². The monoisotopic (exact) mass is 244 g/mol. The number of hydrogen-bond donors (Lipinski definition) is 1. The number of rotatable bonds is 3. The standard InChI is InChI=1S/C14H20N4/c1-10-7-14(13(8-15)11(2)17-10)16-9-12-5-4-6-18(12)3/h7,12H,4-6,9H2,1-3H3,(H,16,17). The fourth-order valence-corrected chi connectivity index (χ4v) is 2.57. The van der Waals surface area contributed by atoms with Crippen LogP contribution >= 0.6 is 0 Å². The summed E-state index contributed by atoms with van der Waals surface area (Å²) in [5, 5.41) is 12.6. The first-order chi connectivity index (χ1) is 8.61. The Hall–Kier alpha value is -1.60. The molecule has 1 aliphatic rings. The summed E-state index contributed by atoms with van der Waals surface area (Å²) in [4.78, 5) is 6.70. The van der Waals surface area contributed by atoms with Crippen LogP contribution in [0.15, 0.2) is 6.07 Å². The van der Waals surface area contributed by atoms with Gasteiger partial charge >= 0.3 is 0 Å². The van der Waals surface area contributed by atoms with E-state index in [0.717, 1.165) is 23.6 Å². The molecule has 18 heavy (non-hydrogen) atoms. The van der Waals surface area contributed by atoms with Crippen LogP contribution in [0.3, 0.4) is 0 Å². The van der Waals surface area contributed by atoms with E-state index in [-0.39, 0.29) is 0 Å². The molecule has 1 saturated heterocycles. The number of aryl methyl sites for hydroxylation is 2. The summed E-state index contributed by atoms with van der Waals surface area (Å²) < 4.78 is 0. The maximum absolute atomic E-state index is 9.19.